The minimum atomic E-state index is -1.22. The second-order valence-electron chi connectivity index (χ2n) is 7.17. The number of aromatic nitrogens is 3. The molecular weight excluding hydrogens is 514 g/mol. The molecule has 0 aliphatic carbocycles. The number of amides is 2. The van der Waals surface area contributed by atoms with Crippen LogP contribution in [-0.4, -0.2) is 72.1 Å². The van der Waals surface area contributed by atoms with Gasteiger partial charge in [-0.05, 0) is 30.0 Å². The lowest BCUT2D eigenvalue weighted by atomic mass is 10.0. The number of nitrogens with one attached hydrogen (secondary N) is 1. The van der Waals surface area contributed by atoms with E-state index in [9.17, 15) is 19.5 Å². The van der Waals surface area contributed by atoms with E-state index in [2.05, 4.69) is 24.8 Å². The maximum atomic E-state index is 12.9. The summed E-state index contributed by atoms with van der Waals surface area (Å²) in [7, 11) is 1.25. The third-order valence-electron chi connectivity index (χ3n) is 4.88. The molecule has 2 aromatic rings. The van der Waals surface area contributed by atoms with Gasteiger partial charge in [-0.15, -0.1) is 11.8 Å². The number of carboxylic acids is 1. The van der Waals surface area contributed by atoms with E-state index in [0.29, 0.717) is 10.7 Å². The van der Waals surface area contributed by atoms with Gasteiger partial charge in [0, 0.05) is 34.1 Å². The number of oxime groups is 1. The molecule has 1 fully saturated rings. The van der Waals surface area contributed by atoms with Crippen molar-refractivity contribution in [1.82, 2.24) is 24.6 Å². The molecule has 0 aromatic carbocycles. The summed E-state index contributed by atoms with van der Waals surface area (Å²) in [6, 6.07) is 2.84. The lowest BCUT2D eigenvalue weighted by Gasteiger charge is -2.49. The molecule has 2 atom stereocenters. The zero-order chi connectivity index (χ0) is 25.1. The minimum absolute atomic E-state index is 0.0350. The highest BCUT2D eigenvalue weighted by Gasteiger charge is 2.54. The normalized spacial score (nSPS) is 20.0. The monoisotopic (exact) mass is 533 g/mol. The Balaban J connectivity index is 1.48. The Labute approximate surface area is 211 Å². The average Bonchev–Trinajstić information content (AvgIpc) is 3.27. The first-order valence-electron chi connectivity index (χ1n) is 9.98. The second-order valence-corrected chi connectivity index (χ2v) is 10.1. The van der Waals surface area contributed by atoms with Gasteiger partial charge in [0.25, 0.3) is 11.8 Å². The predicted molar refractivity (Wildman–Crippen MR) is 133 cm³/mol. The SMILES string of the molecule is CON=C(C(=O)NC1C(=O)N2C(C(=O)O)=C(S/C=C\c3ccc(C)nc3)CS[C@@H]12)c1nsc(N)n1. The number of anilines is 1. The van der Waals surface area contributed by atoms with E-state index in [-0.39, 0.29) is 22.4 Å². The number of pyridine rings is 1. The largest absolute Gasteiger partial charge is 0.477 e. The summed E-state index contributed by atoms with van der Waals surface area (Å²) < 4.78 is 3.94. The van der Waals surface area contributed by atoms with E-state index in [4.69, 9.17) is 10.6 Å². The van der Waals surface area contributed by atoms with Gasteiger partial charge in [-0.2, -0.15) is 9.36 Å². The molecular formula is C20H19N7O5S3. The number of carboxylic acid groups (broad SMARTS) is 1. The molecule has 0 bridgehead atoms. The molecule has 0 saturated carbocycles. The Bertz CT molecular complexity index is 1260. The summed E-state index contributed by atoms with van der Waals surface area (Å²) in [4.78, 5) is 52.2. The number of aryl methyl sites for hydroxylation is 1. The molecule has 1 unspecified atom stereocenters. The van der Waals surface area contributed by atoms with Gasteiger partial charge < -0.3 is 21.0 Å². The molecule has 4 rings (SSSR count). The van der Waals surface area contributed by atoms with Gasteiger partial charge in [0.1, 0.15) is 24.2 Å². The fourth-order valence-corrected chi connectivity index (χ4v) is 6.06. The van der Waals surface area contributed by atoms with E-state index in [0.717, 1.165) is 22.8 Å². The Kier molecular flexibility index (Phi) is 7.37. The molecule has 4 heterocycles. The quantitative estimate of drug-likeness (QED) is 0.253. The van der Waals surface area contributed by atoms with Crippen molar-refractivity contribution in [3.8, 4) is 0 Å². The van der Waals surface area contributed by atoms with Gasteiger partial charge in [-0.1, -0.05) is 23.0 Å². The van der Waals surface area contributed by atoms with E-state index < -0.39 is 29.2 Å². The van der Waals surface area contributed by atoms with E-state index >= 15 is 0 Å². The van der Waals surface area contributed by atoms with Crippen LogP contribution >= 0.6 is 35.1 Å². The number of hydrogen-bond donors (Lipinski definition) is 3. The standard InChI is InChI=1S/C20H19N7O5S3/c1-9-3-4-10(7-22-9)5-6-33-11-8-34-18-13(17(29)27(18)14(11)19(30)31)23-16(28)12(25-32-2)15-24-20(21)35-26-15/h3-7,13,18H,8H2,1-2H3,(H,23,28)(H,30,31)(H2,21,24,26)/b6-5-,25-12?/t13?,18-/m0/s1. The van der Waals surface area contributed by atoms with Crippen LogP contribution in [0, 0.1) is 6.92 Å². The molecule has 15 heteroatoms. The second kappa shape index (κ2) is 10.5. The summed E-state index contributed by atoms with van der Waals surface area (Å²) in [6.07, 6.45) is 3.53. The average molecular weight is 534 g/mol. The molecule has 2 amide bonds. The molecule has 0 radical (unpaired) electrons. The molecule has 4 N–H and O–H groups in total. The van der Waals surface area contributed by atoms with Crippen LogP contribution in [0.1, 0.15) is 17.1 Å². The van der Waals surface area contributed by atoms with Gasteiger partial charge in [0.2, 0.25) is 11.5 Å². The van der Waals surface area contributed by atoms with Gasteiger partial charge >= 0.3 is 5.97 Å². The number of aliphatic carboxylic acids is 1. The zero-order valence-corrected chi connectivity index (χ0v) is 20.8. The molecule has 2 aromatic heterocycles. The van der Waals surface area contributed by atoms with Gasteiger partial charge in [-0.25, -0.2) is 4.79 Å². The van der Waals surface area contributed by atoms with Crippen LogP contribution in [0.5, 0.6) is 0 Å². The number of β-lactam (4-membered cyclic amide) rings is 1. The first kappa shape index (κ1) is 24.7. The topological polar surface area (TPSA) is 173 Å². The van der Waals surface area contributed by atoms with Crippen LogP contribution in [-0.2, 0) is 19.2 Å². The van der Waals surface area contributed by atoms with Crippen LogP contribution in [0.2, 0.25) is 0 Å². The third-order valence-corrected chi connectivity index (χ3v) is 7.78. The van der Waals surface area contributed by atoms with Crippen molar-refractivity contribution in [1.29, 1.82) is 0 Å². The zero-order valence-electron chi connectivity index (χ0n) is 18.4. The summed E-state index contributed by atoms with van der Waals surface area (Å²) >= 11 is 3.46. The van der Waals surface area contributed by atoms with Gasteiger partial charge in [-0.3, -0.25) is 19.5 Å². The van der Waals surface area contributed by atoms with Crippen molar-refractivity contribution in [3.63, 3.8) is 0 Å². The van der Waals surface area contributed by atoms with Crippen molar-refractivity contribution >= 4 is 69.8 Å². The maximum Gasteiger partial charge on any atom is 0.353 e. The number of carbonyl (C=O) groups excluding carboxylic acids is 2. The maximum absolute atomic E-state index is 12.9. The molecule has 2 aliphatic rings. The highest BCUT2D eigenvalue weighted by Crippen LogP contribution is 2.43. The van der Waals surface area contributed by atoms with Crippen LogP contribution in [0.3, 0.4) is 0 Å². The number of hydrogen-bond acceptors (Lipinski definition) is 12. The predicted octanol–water partition coefficient (Wildman–Crippen LogP) is 1.27. The van der Waals surface area contributed by atoms with Crippen LogP contribution in [0.4, 0.5) is 5.13 Å². The Morgan fingerprint density at radius 1 is 1.43 bits per heavy atom. The number of nitrogen functional groups attached to an aromatic ring is 1. The lowest BCUT2D eigenvalue weighted by molar-refractivity contribution is -0.150. The van der Waals surface area contributed by atoms with Gasteiger partial charge in [0.15, 0.2) is 5.13 Å². The van der Waals surface area contributed by atoms with Crippen LogP contribution < -0.4 is 11.1 Å². The summed E-state index contributed by atoms with van der Waals surface area (Å²) in [5.41, 5.74) is 7.00. The first-order valence-corrected chi connectivity index (χ1v) is 12.7. The fourth-order valence-electron chi connectivity index (χ4n) is 3.27. The van der Waals surface area contributed by atoms with E-state index in [1.807, 2.05) is 25.1 Å². The third kappa shape index (κ3) is 5.16. The molecule has 1 saturated heterocycles. The Hall–Kier alpha value is -3.43. The van der Waals surface area contributed by atoms with Crippen molar-refractivity contribution < 1.29 is 24.3 Å². The molecule has 2 aliphatic heterocycles. The summed E-state index contributed by atoms with van der Waals surface area (Å²) in [5, 5.41) is 17.4. The number of fused-ring (bicyclic) bond motifs is 1. The van der Waals surface area contributed by atoms with Crippen molar-refractivity contribution in [3.05, 3.63) is 51.4 Å². The van der Waals surface area contributed by atoms with Crippen LogP contribution in [0.25, 0.3) is 6.08 Å². The number of thioether (sulfide) groups is 2. The van der Waals surface area contributed by atoms with Crippen LogP contribution in [0.15, 0.2) is 39.5 Å². The van der Waals surface area contributed by atoms with E-state index in [1.54, 1.807) is 11.6 Å². The fraction of sp³-hybridized carbons (Fsp3) is 0.250. The molecule has 0 spiro atoms. The summed E-state index contributed by atoms with van der Waals surface area (Å²) in [5.74, 6) is -2.18. The Morgan fingerprint density at radius 3 is 2.86 bits per heavy atom. The molecule has 35 heavy (non-hydrogen) atoms. The number of nitrogens with zero attached hydrogens (tertiary/aromatic N) is 5. The highest BCUT2D eigenvalue weighted by molar-refractivity contribution is 8.08. The van der Waals surface area contributed by atoms with Crippen molar-refractivity contribution in [2.24, 2.45) is 5.16 Å². The number of rotatable bonds is 8. The van der Waals surface area contributed by atoms with Crippen molar-refractivity contribution in [2.45, 2.75) is 18.3 Å². The number of carbonyl (C=O) groups is 3. The lowest BCUT2D eigenvalue weighted by Crippen LogP contribution is -2.71. The Morgan fingerprint density at radius 2 is 2.23 bits per heavy atom. The first-order chi connectivity index (χ1) is 16.8. The van der Waals surface area contributed by atoms with E-state index in [1.165, 1.54) is 35.5 Å². The number of nitrogens with two attached hydrogens (primary N) is 1. The summed E-state index contributed by atoms with van der Waals surface area (Å²) in [6.45, 7) is 1.89. The van der Waals surface area contributed by atoms with Crippen molar-refractivity contribution in [2.75, 3.05) is 18.6 Å². The highest BCUT2D eigenvalue weighted by atomic mass is 32.2. The van der Waals surface area contributed by atoms with Gasteiger partial charge in [0.05, 0.1) is 0 Å². The molecule has 12 nitrogen and oxygen atoms in total. The minimum Gasteiger partial charge on any atom is -0.477 e. The smallest absolute Gasteiger partial charge is 0.353 e. The molecule has 182 valence electrons.